The van der Waals surface area contributed by atoms with Crippen molar-refractivity contribution in [2.75, 3.05) is 54.4 Å². The van der Waals surface area contributed by atoms with Crippen molar-refractivity contribution in [1.82, 2.24) is 14.9 Å². The van der Waals surface area contributed by atoms with Crippen molar-refractivity contribution >= 4 is 35.1 Å². The normalized spacial score (nSPS) is 17.3. The minimum Gasteiger partial charge on any atom is -0.356 e. The minimum atomic E-state index is -4.33. The monoisotopic (exact) mass is 480 g/mol. The Bertz CT molecular complexity index is 958. The van der Waals surface area contributed by atoms with Crippen LogP contribution in [0.4, 0.5) is 35.3 Å². The highest BCUT2D eigenvalue weighted by Gasteiger charge is 2.29. The molecule has 2 aliphatic rings. The Hall–Kier alpha value is -2.69. The standard InChI is InChI=1S/C22H27F3N6OS/c1-16-26-19(29-9-3-2-4-10-29)15-20(27-16)30-11-13-31(14-12-30)21(32)28-17-5-7-18(8-6-17)33-22(23,24)25/h5-8,15H,2-4,9-14H2,1H3,(H,28,32). The number of aromatic nitrogens is 2. The number of piperazine rings is 1. The van der Waals surface area contributed by atoms with Crippen molar-refractivity contribution < 1.29 is 18.0 Å². The molecule has 7 nitrogen and oxygen atoms in total. The lowest BCUT2D eigenvalue weighted by molar-refractivity contribution is -0.0328. The maximum absolute atomic E-state index is 12.6. The first-order chi connectivity index (χ1) is 15.8. The summed E-state index contributed by atoms with van der Waals surface area (Å²) in [5, 5.41) is 2.76. The van der Waals surface area contributed by atoms with E-state index < -0.39 is 5.51 Å². The van der Waals surface area contributed by atoms with Gasteiger partial charge in [0.05, 0.1) is 0 Å². The van der Waals surface area contributed by atoms with Crippen molar-refractivity contribution in [3.05, 3.63) is 36.2 Å². The predicted octanol–water partition coefficient (Wildman–Crippen LogP) is 4.74. The molecule has 3 heterocycles. The quantitative estimate of drug-likeness (QED) is 0.638. The number of anilines is 3. The topological polar surface area (TPSA) is 64.6 Å². The van der Waals surface area contributed by atoms with E-state index in [0.29, 0.717) is 31.9 Å². The molecular weight excluding hydrogens is 453 g/mol. The number of piperidine rings is 1. The van der Waals surface area contributed by atoms with Crippen LogP contribution in [0.25, 0.3) is 0 Å². The molecule has 2 amide bonds. The molecule has 4 rings (SSSR count). The van der Waals surface area contributed by atoms with Gasteiger partial charge >= 0.3 is 11.5 Å². The first-order valence-corrected chi connectivity index (χ1v) is 11.9. The predicted molar refractivity (Wildman–Crippen MR) is 124 cm³/mol. The van der Waals surface area contributed by atoms with Gasteiger partial charge in [-0.25, -0.2) is 14.8 Å². The maximum Gasteiger partial charge on any atom is 0.446 e. The Kier molecular flexibility index (Phi) is 7.16. The first kappa shape index (κ1) is 23.5. The fourth-order valence-electron chi connectivity index (χ4n) is 4.06. The lowest BCUT2D eigenvalue weighted by Crippen LogP contribution is -2.50. The zero-order valence-electron chi connectivity index (χ0n) is 18.4. The van der Waals surface area contributed by atoms with Gasteiger partial charge in [-0.3, -0.25) is 0 Å². The molecule has 0 atom stereocenters. The van der Waals surface area contributed by atoms with E-state index in [1.165, 1.54) is 43.5 Å². The number of hydrogen-bond donors (Lipinski definition) is 1. The van der Waals surface area contributed by atoms with Gasteiger partial charge < -0.3 is 20.0 Å². The van der Waals surface area contributed by atoms with Gasteiger partial charge in [-0.1, -0.05) is 0 Å². The number of nitrogens with one attached hydrogen (secondary N) is 1. The molecule has 0 unspecified atom stereocenters. The Labute approximate surface area is 195 Å². The van der Waals surface area contributed by atoms with Crippen molar-refractivity contribution in [2.24, 2.45) is 0 Å². The van der Waals surface area contributed by atoms with E-state index in [2.05, 4.69) is 25.1 Å². The molecule has 0 spiro atoms. The third-order valence-corrected chi connectivity index (χ3v) is 6.46. The summed E-state index contributed by atoms with van der Waals surface area (Å²) in [5.41, 5.74) is -3.87. The first-order valence-electron chi connectivity index (χ1n) is 11.0. The number of urea groups is 1. The number of thioether (sulfide) groups is 1. The summed E-state index contributed by atoms with van der Waals surface area (Å²) in [6.07, 6.45) is 3.61. The van der Waals surface area contributed by atoms with Gasteiger partial charge in [-0.15, -0.1) is 0 Å². The smallest absolute Gasteiger partial charge is 0.356 e. The van der Waals surface area contributed by atoms with Gasteiger partial charge in [0.1, 0.15) is 17.5 Å². The highest BCUT2D eigenvalue weighted by Crippen LogP contribution is 2.37. The zero-order chi connectivity index (χ0) is 23.4. The minimum absolute atomic E-state index is 0.0816. The van der Waals surface area contributed by atoms with Crippen LogP contribution in [-0.4, -0.2) is 65.7 Å². The van der Waals surface area contributed by atoms with E-state index in [-0.39, 0.29) is 22.7 Å². The molecule has 1 N–H and O–H groups in total. The highest BCUT2D eigenvalue weighted by atomic mass is 32.2. The van der Waals surface area contributed by atoms with Gasteiger partial charge in [-0.2, -0.15) is 13.2 Å². The molecule has 0 aliphatic carbocycles. The van der Waals surface area contributed by atoms with Crippen molar-refractivity contribution in [3.63, 3.8) is 0 Å². The summed E-state index contributed by atoms with van der Waals surface area (Å²) < 4.78 is 37.4. The fourth-order valence-corrected chi connectivity index (χ4v) is 4.60. The number of amides is 2. The average molecular weight is 481 g/mol. The van der Waals surface area contributed by atoms with Crippen LogP contribution >= 0.6 is 11.8 Å². The summed E-state index contributed by atoms with van der Waals surface area (Å²) in [7, 11) is 0. The Morgan fingerprint density at radius 3 is 2.06 bits per heavy atom. The van der Waals surface area contributed by atoms with E-state index in [9.17, 15) is 18.0 Å². The molecule has 0 saturated carbocycles. The van der Waals surface area contributed by atoms with E-state index in [4.69, 9.17) is 0 Å². The third kappa shape index (κ3) is 6.43. The number of halogens is 3. The number of aryl methyl sites for hydroxylation is 1. The van der Waals surface area contributed by atoms with Gasteiger partial charge in [0.15, 0.2) is 0 Å². The SMILES string of the molecule is Cc1nc(N2CCCCC2)cc(N2CCN(C(=O)Nc3ccc(SC(F)(F)F)cc3)CC2)n1. The molecule has 2 aliphatic heterocycles. The summed E-state index contributed by atoms with van der Waals surface area (Å²) in [5.74, 6) is 2.57. The van der Waals surface area contributed by atoms with Crippen LogP contribution in [-0.2, 0) is 0 Å². The molecule has 2 saturated heterocycles. The second-order valence-electron chi connectivity index (χ2n) is 8.16. The van der Waals surface area contributed by atoms with Crippen molar-refractivity contribution in [2.45, 2.75) is 36.6 Å². The second-order valence-corrected chi connectivity index (χ2v) is 9.29. The lowest BCUT2D eigenvalue weighted by Gasteiger charge is -2.36. The number of rotatable bonds is 4. The van der Waals surface area contributed by atoms with Gasteiger partial charge in [0.25, 0.3) is 0 Å². The van der Waals surface area contributed by atoms with Crippen molar-refractivity contribution in [3.8, 4) is 0 Å². The van der Waals surface area contributed by atoms with Gasteiger partial charge in [0, 0.05) is 55.9 Å². The summed E-state index contributed by atoms with van der Waals surface area (Å²) in [6, 6.07) is 7.43. The number of hydrogen-bond acceptors (Lipinski definition) is 6. The summed E-state index contributed by atoms with van der Waals surface area (Å²) in [4.78, 5) is 28.1. The molecule has 2 aromatic rings. The van der Waals surface area contributed by atoms with Gasteiger partial charge in [0.2, 0.25) is 0 Å². The number of benzene rings is 1. The van der Waals surface area contributed by atoms with Crippen LogP contribution in [0.1, 0.15) is 25.1 Å². The van der Waals surface area contributed by atoms with Gasteiger partial charge in [-0.05, 0) is 62.2 Å². The highest BCUT2D eigenvalue weighted by molar-refractivity contribution is 8.00. The van der Waals surface area contributed by atoms with Crippen molar-refractivity contribution in [1.29, 1.82) is 0 Å². The van der Waals surface area contributed by atoms with E-state index in [1.54, 1.807) is 4.90 Å². The molecule has 178 valence electrons. The Morgan fingerprint density at radius 1 is 0.909 bits per heavy atom. The molecule has 1 aromatic carbocycles. The molecule has 1 aromatic heterocycles. The average Bonchev–Trinajstić information content (AvgIpc) is 2.80. The van der Waals surface area contributed by atoms with E-state index in [1.807, 2.05) is 13.0 Å². The third-order valence-electron chi connectivity index (χ3n) is 5.72. The van der Waals surface area contributed by atoms with Crippen LogP contribution in [0.2, 0.25) is 0 Å². The zero-order valence-corrected chi connectivity index (χ0v) is 19.3. The number of carbonyl (C=O) groups is 1. The molecule has 33 heavy (non-hydrogen) atoms. The van der Waals surface area contributed by atoms with Crippen LogP contribution in [0.3, 0.4) is 0 Å². The second kappa shape index (κ2) is 10.1. The Morgan fingerprint density at radius 2 is 1.48 bits per heavy atom. The van der Waals surface area contributed by atoms with E-state index in [0.717, 1.165) is 30.5 Å². The molecule has 11 heteroatoms. The van der Waals surface area contributed by atoms with Crippen LogP contribution in [0.5, 0.6) is 0 Å². The largest absolute Gasteiger partial charge is 0.446 e. The fraction of sp³-hybridized carbons (Fsp3) is 0.500. The number of nitrogens with zero attached hydrogens (tertiary/aromatic N) is 5. The summed E-state index contributed by atoms with van der Waals surface area (Å²) in [6.45, 7) is 6.26. The molecular formula is C22H27F3N6OS. The van der Waals surface area contributed by atoms with Crippen LogP contribution in [0, 0.1) is 6.92 Å². The lowest BCUT2D eigenvalue weighted by atomic mass is 10.1. The van der Waals surface area contributed by atoms with Crippen LogP contribution < -0.4 is 15.1 Å². The molecule has 0 bridgehead atoms. The Balaban J connectivity index is 1.32. The molecule has 0 radical (unpaired) electrons. The number of carbonyl (C=O) groups excluding carboxylic acids is 1. The number of alkyl halides is 3. The molecule has 2 fully saturated rings. The van der Waals surface area contributed by atoms with E-state index >= 15 is 0 Å². The summed E-state index contributed by atoms with van der Waals surface area (Å²) >= 11 is -0.177. The van der Waals surface area contributed by atoms with Crippen LogP contribution in [0.15, 0.2) is 35.2 Å². The maximum atomic E-state index is 12.6.